The maximum atomic E-state index is 11.6. The average molecular weight is 341 g/mol. The number of aliphatic carboxylic acids is 1. The van der Waals surface area contributed by atoms with E-state index in [0.717, 1.165) is 18.2 Å². The average Bonchev–Trinajstić information content (AvgIpc) is 2.52. The lowest BCUT2D eigenvalue weighted by Crippen LogP contribution is -2.51. The number of nitrogens with two attached hydrogens (primary N) is 2. The highest BCUT2D eigenvalue weighted by atomic mass is 16.6. The number of nitrogens with zero attached hydrogens (tertiary/aromatic N) is 2. The van der Waals surface area contributed by atoms with Crippen molar-refractivity contribution < 1.29 is 24.5 Å². The van der Waals surface area contributed by atoms with Gasteiger partial charge in [0.2, 0.25) is 5.91 Å². The molecule has 0 aromatic heterocycles. The molecule has 0 fully saturated rings. The number of nitro benzene ring substituents is 2. The van der Waals surface area contributed by atoms with Gasteiger partial charge in [-0.2, -0.15) is 0 Å². The fourth-order valence-corrected chi connectivity index (χ4v) is 1.81. The minimum Gasteiger partial charge on any atom is -0.480 e. The Kier molecular flexibility index (Phi) is 6.26. The van der Waals surface area contributed by atoms with E-state index < -0.39 is 51.6 Å². The first-order valence-electron chi connectivity index (χ1n) is 6.58. The third-order valence-corrected chi connectivity index (χ3v) is 3.11. The summed E-state index contributed by atoms with van der Waals surface area (Å²) in [6.45, 7) is -0.212. The number of amides is 1. The molecule has 130 valence electrons. The molecule has 0 aliphatic rings. The number of nitro groups is 2. The lowest BCUT2D eigenvalue weighted by atomic mass is 10.0. The van der Waals surface area contributed by atoms with Crippen molar-refractivity contribution in [2.45, 2.75) is 18.5 Å². The van der Waals surface area contributed by atoms with Gasteiger partial charge in [0.1, 0.15) is 6.04 Å². The standard InChI is InChI=1S/C12H15N5O7/c13-5-8(14)11(18)15-9(12(19)20)3-6-1-2-7(16(21)22)4-10(6)17(23)24/h1-2,4,8-9H,3,5,13-14H2,(H,15,18)(H,19,20)/t8?,9-/m0/s1. The Labute approximate surface area is 134 Å². The van der Waals surface area contributed by atoms with Gasteiger partial charge < -0.3 is 21.9 Å². The van der Waals surface area contributed by atoms with E-state index in [-0.39, 0.29) is 12.1 Å². The number of rotatable bonds is 8. The van der Waals surface area contributed by atoms with Crippen LogP contribution in [0.25, 0.3) is 0 Å². The minimum absolute atomic E-state index is 0.0837. The van der Waals surface area contributed by atoms with Crippen LogP contribution in [0.15, 0.2) is 18.2 Å². The second kappa shape index (κ2) is 7.94. The van der Waals surface area contributed by atoms with E-state index in [1.165, 1.54) is 0 Å². The number of hydrogen-bond donors (Lipinski definition) is 4. The molecule has 1 aromatic rings. The van der Waals surface area contributed by atoms with E-state index in [1.807, 2.05) is 0 Å². The van der Waals surface area contributed by atoms with Crippen molar-refractivity contribution >= 4 is 23.3 Å². The number of nitrogens with one attached hydrogen (secondary N) is 1. The van der Waals surface area contributed by atoms with Gasteiger partial charge in [-0.1, -0.05) is 0 Å². The molecule has 24 heavy (non-hydrogen) atoms. The van der Waals surface area contributed by atoms with Gasteiger partial charge in [-0.25, -0.2) is 4.79 Å². The molecular formula is C12H15N5O7. The van der Waals surface area contributed by atoms with Crippen molar-refractivity contribution in [1.29, 1.82) is 0 Å². The third kappa shape index (κ3) is 4.69. The van der Waals surface area contributed by atoms with Gasteiger partial charge in [0.25, 0.3) is 11.4 Å². The highest BCUT2D eigenvalue weighted by Crippen LogP contribution is 2.25. The third-order valence-electron chi connectivity index (χ3n) is 3.11. The smallest absolute Gasteiger partial charge is 0.326 e. The predicted octanol–water partition coefficient (Wildman–Crippen LogP) is -1.10. The van der Waals surface area contributed by atoms with Crippen molar-refractivity contribution in [3.63, 3.8) is 0 Å². The number of non-ortho nitro benzene ring substituents is 1. The summed E-state index contributed by atoms with van der Waals surface area (Å²) in [6, 6.07) is 0.173. The Hall–Kier alpha value is -3.12. The van der Waals surface area contributed by atoms with E-state index in [1.54, 1.807) is 0 Å². The van der Waals surface area contributed by atoms with Crippen molar-refractivity contribution in [2.24, 2.45) is 11.5 Å². The Morgan fingerprint density at radius 3 is 2.33 bits per heavy atom. The van der Waals surface area contributed by atoms with Crippen LogP contribution in [-0.2, 0) is 16.0 Å². The molecule has 12 nitrogen and oxygen atoms in total. The second-order valence-corrected chi connectivity index (χ2v) is 4.77. The van der Waals surface area contributed by atoms with Gasteiger partial charge >= 0.3 is 5.97 Å². The van der Waals surface area contributed by atoms with Gasteiger partial charge in [-0.3, -0.25) is 25.0 Å². The van der Waals surface area contributed by atoms with Crippen LogP contribution in [0.4, 0.5) is 11.4 Å². The first kappa shape index (κ1) is 18.9. The van der Waals surface area contributed by atoms with Crippen molar-refractivity contribution in [3.8, 4) is 0 Å². The van der Waals surface area contributed by atoms with Crippen LogP contribution in [0.5, 0.6) is 0 Å². The fourth-order valence-electron chi connectivity index (χ4n) is 1.81. The molecule has 0 aliphatic carbocycles. The summed E-state index contributed by atoms with van der Waals surface area (Å²) in [5.74, 6) is -2.27. The summed E-state index contributed by atoms with van der Waals surface area (Å²) in [5.41, 5.74) is 9.37. The topological polar surface area (TPSA) is 205 Å². The molecule has 0 saturated heterocycles. The highest BCUT2D eigenvalue weighted by molar-refractivity contribution is 5.87. The molecule has 0 spiro atoms. The fraction of sp³-hybridized carbons (Fsp3) is 0.333. The SMILES string of the molecule is NCC(N)C(=O)N[C@@H](Cc1ccc([N+](=O)[O-])cc1[N+](=O)[O-])C(=O)O. The van der Waals surface area contributed by atoms with Crippen LogP contribution >= 0.6 is 0 Å². The summed E-state index contributed by atoms with van der Waals surface area (Å²) >= 11 is 0. The normalized spacial score (nSPS) is 12.9. The molecular weight excluding hydrogens is 326 g/mol. The monoisotopic (exact) mass is 341 g/mol. The van der Waals surface area contributed by atoms with Crippen LogP contribution in [0.1, 0.15) is 5.56 Å². The highest BCUT2D eigenvalue weighted by Gasteiger charge is 2.27. The van der Waals surface area contributed by atoms with Crippen LogP contribution in [0.2, 0.25) is 0 Å². The number of carbonyl (C=O) groups excluding carboxylic acids is 1. The number of carboxylic acid groups (broad SMARTS) is 1. The van der Waals surface area contributed by atoms with Gasteiger partial charge in [-0.05, 0) is 6.07 Å². The quantitative estimate of drug-likeness (QED) is 0.334. The van der Waals surface area contributed by atoms with Crippen LogP contribution < -0.4 is 16.8 Å². The molecule has 1 amide bonds. The Morgan fingerprint density at radius 2 is 1.88 bits per heavy atom. The van der Waals surface area contributed by atoms with Crippen molar-refractivity contribution in [3.05, 3.63) is 44.0 Å². The first-order chi connectivity index (χ1) is 11.2. The molecule has 0 radical (unpaired) electrons. The molecule has 12 heteroatoms. The molecule has 1 rings (SSSR count). The van der Waals surface area contributed by atoms with E-state index >= 15 is 0 Å². The van der Waals surface area contributed by atoms with Gasteiger partial charge in [-0.15, -0.1) is 0 Å². The summed E-state index contributed by atoms with van der Waals surface area (Å²) in [5, 5.41) is 33.0. The maximum absolute atomic E-state index is 11.6. The zero-order chi connectivity index (χ0) is 18.4. The number of hydrogen-bond acceptors (Lipinski definition) is 8. The first-order valence-corrected chi connectivity index (χ1v) is 6.58. The predicted molar refractivity (Wildman–Crippen MR) is 80.1 cm³/mol. The molecule has 0 aliphatic heterocycles. The van der Waals surface area contributed by atoms with Gasteiger partial charge in [0, 0.05) is 24.6 Å². The molecule has 0 heterocycles. The lowest BCUT2D eigenvalue weighted by molar-refractivity contribution is -0.394. The second-order valence-electron chi connectivity index (χ2n) is 4.77. The number of carboxylic acids is 1. The van der Waals surface area contributed by atoms with Crippen LogP contribution in [-0.4, -0.2) is 45.5 Å². The van der Waals surface area contributed by atoms with E-state index in [4.69, 9.17) is 16.6 Å². The van der Waals surface area contributed by atoms with Crippen LogP contribution in [0, 0.1) is 20.2 Å². The Morgan fingerprint density at radius 1 is 1.25 bits per heavy atom. The Bertz CT molecular complexity index is 678. The zero-order valence-corrected chi connectivity index (χ0v) is 12.2. The zero-order valence-electron chi connectivity index (χ0n) is 12.2. The largest absolute Gasteiger partial charge is 0.480 e. The summed E-state index contributed by atoms with van der Waals surface area (Å²) < 4.78 is 0. The maximum Gasteiger partial charge on any atom is 0.326 e. The summed E-state index contributed by atoms with van der Waals surface area (Å²) in [4.78, 5) is 42.9. The minimum atomic E-state index is -1.50. The molecule has 0 saturated carbocycles. The van der Waals surface area contributed by atoms with E-state index in [2.05, 4.69) is 5.32 Å². The summed E-state index contributed by atoms with van der Waals surface area (Å²) in [7, 11) is 0. The van der Waals surface area contributed by atoms with E-state index in [9.17, 15) is 29.8 Å². The van der Waals surface area contributed by atoms with Crippen molar-refractivity contribution in [2.75, 3.05) is 6.54 Å². The molecule has 0 bridgehead atoms. The Balaban J connectivity index is 3.10. The van der Waals surface area contributed by atoms with Crippen LogP contribution in [0.3, 0.4) is 0 Å². The number of carbonyl (C=O) groups is 2. The number of benzene rings is 1. The van der Waals surface area contributed by atoms with E-state index in [0.29, 0.717) is 0 Å². The summed E-state index contributed by atoms with van der Waals surface area (Å²) in [6.07, 6.45) is -0.452. The van der Waals surface area contributed by atoms with Gasteiger partial charge in [0.15, 0.2) is 0 Å². The molecule has 2 atom stereocenters. The van der Waals surface area contributed by atoms with Crippen molar-refractivity contribution in [1.82, 2.24) is 5.32 Å². The lowest BCUT2D eigenvalue weighted by Gasteiger charge is -2.17. The molecule has 1 unspecified atom stereocenters. The molecule has 1 aromatic carbocycles. The molecule has 6 N–H and O–H groups in total. The van der Waals surface area contributed by atoms with Gasteiger partial charge in [0.05, 0.1) is 22.0 Å².